The maximum atomic E-state index is 12.1. The Hall–Kier alpha value is -1.32. The summed E-state index contributed by atoms with van der Waals surface area (Å²) in [5.41, 5.74) is 0.340. The third-order valence-corrected chi connectivity index (χ3v) is 4.73. The van der Waals surface area contributed by atoms with Crippen LogP contribution in [0.3, 0.4) is 0 Å². The number of amides is 3. The molecule has 1 rings (SSSR count). The Morgan fingerprint density at radius 1 is 1.33 bits per heavy atom. The van der Waals surface area contributed by atoms with Crippen LogP contribution in [0.5, 0.6) is 0 Å². The number of aromatic nitrogens is 1. The lowest BCUT2D eigenvalue weighted by molar-refractivity contribution is 0.0985. The van der Waals surface area contributed by atoms with Crippen molar-refractivity contribution in [3.05, 3.63) is 10.9 Å². The third kappa shape index (κ3) is 7.98. The number of nitrogens with zero attached hydrogens (tertiary/aromatic N) is 1. The van der Waals surface area contributed by atoms with Crippen LogP contribution in [0.4, 0.5) is 10.6 Å². The molecule has 0 fully saturated rings. The molecule has 0 spiro atoms. The van der Waals surface area contributed by atoms with Crippen molar-refractivity contribution in [3.63, 3.8) is 0 Å². The average molecular weight is 375 g/mol. The highest BCUT2D eigenvalue weighted by molar-refractivity contribution is 7.97. The zero-order valence-corrected chi connectivity index (χ0v) is 15.8. The molecule has 9 heteroatoms. The number of carbonyl (C=O) groups is 2. The van der Waals surface area contributed by atoms with Gasteiger partial charge in [0.2, 0.25) is 0 Å². The predicted octanol–water partition coefficient (Wildman–Crippen LogP) is 2.99. The first-order valence-electron chi connectivity index (χ1n) is 8.17. The van der Waals surface area contributed by atoms with E-state index in [0.717, 1.165) is 30.1 Å². The van der Waals surface area contributed by atoms with E-state index in [1.807, 2.05) is 6.92 Å². The van der Waals surface area contributed by atoms with Crippen LogP contribution in [-0.2, 0) is 0 Å². The van der Waals surface area contributed by atoms with Gasteiger partial charge in [-0.25, -0.2) is 4.79 Å². The summed E-state index contributed by atoms with van der Waals surface area (Å²) in [6.07, 6.45) is 4.59. The van der Waals surface area contributed by atoms with Gasteiger partial charge in [0.1, 0.15) is 0 Å². The number of carbonyl (C=O) groups excluding carboxylic acids is 2. The van der Waals surface area contributed by atoms with Crippen molar-refractivity contribution in [2.24, 2.45) is 0 Å². The molecule has 1 atom stereocenters. The summed E-state index contributed by atoms with van der Waals surface area (Å²) in [6, 6.07) is -0.491. The number of aliphatic hydroxyl groups excluding tert-OH is 1. The Balaban J connectivity index is 2.38. The van der Waals surface area contributed by atoms with Crippen molar-refractivity contribution in [1.29, 1.82) is 0 Å². The molecule has 0 aliphatic rings. The highest BCUT2D eigenvalue weighted by atomic mass is 32.2. The second kappa shape index (κ2) is 12.1. The molecule has 24 heavy (non-hydrogen) atoms. The number of rotatable bonds is 11. The van der Waals surface area contributed by atoms with Crippen LogP contribution in [0.1, 0.15) is 56.3 Å². The number of hydrogen-bond donors (Lipinski definition) is 4. The van der Waals surface area contributed by atoms with E-state index in [9.17, 15) is 14.7 Å². The van der Waals surface area contributed by atoms with Crippen molar-refractivity contribution in [1.82, 2.24) is 14.4 Å². The highest BCUT2D eigenvalue weighted by Gasteiger charge is 2.16. The fourth-order valence-electron chi connectivity index (χ4n) is 1.77. The first kappa shape index (κ1) is 20.7. The van der Waals surface area contributed by atoms with Gasteiger partial charge in [-0.05, 0) is 24.4 Å². The minimum absolute atomic E-state index is 0.154. The van der Waals surface area contributed by atoms with E-state index < -0.39 is 12.1 Å². The minimum atomic E-state index is -0.585. The second-order valence-corrected chi connectivity index (χ2v) is 6.84. The smallest absolute Gasteiger partial charge is 0.320 e. The molecule has 0 aliphatic carbocycles. The SMILES string of the molecule is CCCCCCSNC(=O)c1csnc1NC(=O)NCC(O)CC. The Morgan fingerprint density at radius 3 is 2.83 bits per heavy atom. The molecule has 0 saturated heterocycles. The van der Waals surface area contributed by atoms with Gasteiger partial charge in [0, 0.05) is 17.7 Å². The lowest BCUT2D eigenvalue weighted by Crippen LogP contribution is -2.35. The van der Waals surface area contributed by atoms with Gasteiger partial charge >= 0.3 is 6.03 Å². The van der Waals surface area contributed by atoms with Crippen molar-refractivity contribution < 1.29 is 14.7 Å². The molecule has 0 bridgehead atoms. The van der Waals surface area contributed by atoms with Gasteiger partial charge in [-0.3, -0.25) is 14.8 Å². The molecule has 0 saturated carbocycles. The fourth-order valence-corrected chi connectivity index (χ4v) is 3.08. The van der Waals surface area contributed by atoms with Crippen molar-refractivity contribution in [2.75, 3.05) is 17.6 Å². The van der Waals surface area contributed by atoms with Gasteiger partial charge < -0.3 is 10.4 Å². The van der Waals surface area contributed by atoms with Gasteiger partial charge in [-0.2, -0.15) is 4.37 Å². The number of nitrogens with one attached hydrogen (secondary N) is 3. The van der Waals surface area contributed by atoms with Gasteiger partial charge in [0.15, 0.2) is 5.82 Å². The first-order chi connectivity index (χ1) is 11.6. The average Bonchev–Trinajstić information content (AvgIpc) is 3.03. The Kier molecular flexibility index (Phi) is 10.4. The molecule has 1 heterocycles. The van der Waals surface area contributed by atoms with Crippen LogP contribution in [0.25, 0.3) is 0 Å². The fraction of sp³-hybridized carbons (Fsp3) is 0.667. The largest absolute Gasteiger partial charge is 0.391 e. The second-order valence-electron chi connectivity index (χ2n) is 5.31. The summed E-state index contributed by atoms with van der Waals surface area (Å²) < 4.78 is 6.80. The van der Waals surface area contributed by atoms with Crippen LogP contribution >= 0.6 is 23.5 Å². The lowest BCUT2D eigenvalue weighted by atomic mass is 10.2. The number of anilines is 1. The van der Waals surface area contributed by atoms with E-state index in [2.05, 4.69) is 26.7 Å². The molecule has 4 N–H and O–H groups in total. The highest BCUT2D eigenvalue weighted by Crippen LogP contribution is 2.17. The number of hydrogen-bond acceptors (Lipinski definition) is 6. The van der Waals surface area contributed by atoms with E-state index in [-0.39, 0.29) is 18.3 Å². The monoisotopic (exact) mass is 374 g/mol. The van der Waals surface area contributed by atoms with Gasteiger partial charge in [-0.15, -0.1) is 0 Å². The summed E-state index contributed by atoms with van der Waals surface area (Å²) in [4.78, 5) is 23.9. The van der Waals surface area contributed by atoms with Gasteiger partial charge in [0.25, 0.3) is 5.91 Å². The number of urea groups is 1. The minimum Gasteiger partial charge on any atom is -0.391 e. The van der Waals surface area contributed by atoms with Gasteiger partial charge in [0.05, 0.1) is 11.7 Å². The number of aliphatic hydroxyl groups is 1. The topological polar surface area (TPSA) is 103 Å². The van der Waals surface area contributed by atoms with Crippen molar-refractivity contribution in [3.8, 4) is 0 Å². The van der Waals surface area contributed by atoms with Crippen molar-refractivity contribution in [2.45, 2.75) is 52.1 Å². The molecule has 7 nitrogen and oxygen atoms in total. The lowest BCUT2D eigenvalue weighted by Gasteiger charge is -2.10. The molecular weight excluding hydrogens is 348 g/mol. The van der Waals surface area contributed by atoms with Gasteiger partial charge in [-0.1, -0.05) is 45.1 Å². The summed E-state index contributed by atoms with van der Waals surface area (Å²) in [6.45, 7) is 4.14. The van der Waals surface area contributed by atoms with Crippen LogP contribution < -0.4 is 15.4 Å². The molecule has 0 aliphatic heterocycles. The summed E-state index contributed by atoms with van der Waals surface area (Å²) in [5, 5.41) is 16.1. The molecular formula is C15H26N4O3S2. The molecule has 1 aromatic heterocycles. The Morgan fingerprint density at radius 2 is 2.12 bits per heavy atom. The van der Waals surface area contributed by atoms with Crippen LogP contribution in [-0.4, -0.2) is 39.8 Å². The first-order valence-corrected chi connectivity index (χ1v) is 10.00. The molecule has 0 aromatic carbocycles. The zero-order chi connectivity index (χ0) is 17.8. The van der Waals surface area contributed by atoms with E-state index in [1.165, 1.54) is 24.8 Å². The molecule has 136 valence electrons. The normalized spacial score (nSPS) is 11.8. The maximum absolute atomic E-state index is 12.1. The predicted molar refractivity (Wildman–Crippen MR) is 99.5 cm³/mol. The van der Waals surface area contributed by atoms with Crippen LogP contribution in [0.15, 0.2) is 5.38 Å². The zero-order valence-electron chi connectivity index (χ0n) is 14.1. The standard InChI is InChI=1S/C15H26N4O3S2/c1-3-5-6-7-8-23-19-14(21)12-10-24-18-13(12)17-15(22)16-9-11(20)4-2/h10-11,20H,3-9H2,1-2H3,(H,19,21)(H2,16,17,18,22). The Labute approximate surface area is 151 Å². The molecule has 1 unspecified atom stereocenters. The molecule has 3 amide bonds. The van der Waals surface area contributed by atoms with E-state index in [4.69, 9.17) is 0 Å². The molecule has 0 radical (unpaired) electrons. The third-order valence-electron chi connectivity index (χ3n) is 3.28. The number of unbranched alkanes of at least 4 members (excludes halogenated alkanes) is 3. The Bertz CT molecular complexity index is 511. The quantitative estimate of drug-likeness (QED) is 0.352. The van der Waals surface area contributed by atoms with Crippen molar-refractivity contribution >= 4 is 41.2 Å². The van der Waals surface area contributed by atoms with Crippen LogP contribution in [0.2, 0.25) is 0 Å². The maximum Gasteiger partial charge on any atom is 0.320 e. The van der Waals surface area contributed by atoms with E-state index >= 15 is 0 Å². The van der Waals surface area contributed by atoms with E-state index in [1.54, 1.807) is 5.38 Å². The van der Waals surface area contributed by atoms with E-state index in [0.29, 0.717) is 12.0 Å². The molecule has 1 aromatic rings. The summed E-state index contributed by atoms with van der Waals surface area (Å²) >= 11 is 2.47. The van der Waals surface area contributed by atoms with Crippen LogP contribution in [0, 0.1) is 0 Å². The summed E-state index contributed by atoms with van der Waals surface area (Å²) in [5.74, 6) is 0.822. The summed E-state index contributed by atoms with van der Waals surface area (Å²) in [7, 11) is 0.